The van der Waals surface area contributed by atoms with E-state index in [9.17, 15) is 9.59 Å². The maximum absolute atomic E-state index is 12.9. The standard InChI is InChI=1S/C23H27N5O2/c29-22-16-17-3-1-2-4-21(17)25-28(22)14-11-26-9-12-27(13-10-26)23(30)19-5-6-20-18(15-19)7-8-24-20/h5-8,15-16,24H,1-4,9-14H2. The van der Waals surface area contributed by atoms with Gasteiger partial charge in [-0.2, -0.15) is 5.10 Å². The maximum atomic E-state index is 12.9. The second-order valence-electron chi connectivity index (χ2n) is 8.30. The number of aryl methyl sites for hydroxylation is 2. The molecule has 3 heterocycles. The van der Waals surface area contributed by atoms with Gasteiger partial charge in [0.05, 0.1) is 12.2 Å². The Balaban J connectivity index is 1.17. The van der Waals surface area contributed by atoms with Crippen LogP contribution in [0.3, 0.4) is 0 Å². The molecule has 1 aromatic carbocycles. The van der Waals surface area contributed by atoms with Gasteiger partial charge in [-0.05, 0) is 55.5 Å². The highest BCUT2D eigenvalue weighted by molar-refractivity contribution is 5.98. The number of nitrogens with zero attached hydrogens (tertiary/aromatic N) is 4. The van der Waals surface area contributed by atoms with Crippen LogP contribution in [0.5, 0.6) is 0 Å². The largest absolute Gasteiger partial charge is 0.361 e. The van der Waals surface area contributed by atoms with Crippen LogP contribution < -0.4 is 5.56 Å². The van der Waals surface area contributed by atoms with Crippen molar-refractivity contribution in [2.24, 2.45) is 0 Å². The molecule has 3 aromatic rings. The number of carbonyl (C=O) groups excluding carboxylic acids is 1. The SMILES string of the molecule is O=C(c1ccc2[nH]ccc2c1)N1CCN(CCn2nc3c(cc2=O)CCCC3)CC1. The van der Waals surface area contributed by atoms with E-state index in [-0.39, 0.29) is 11.5 Å². The Kier molecular flexibility index (Phi) is 5.12. The second kappa shape index (κ2) is 8.07. The van der Waals surface area contributed by atoms with Crippen LogP contribution in [0.2, 0.25) is 0 Å². The lowest BCUT2D eigenvalue weighted by Gasteiger charge is -2.34. The van der Waals surface area contributed by atoms with Crippen molar-refractivity contribution in [1.29, 1.82) is 0 Å². The molecule has 0 unspecified atom stereocenters. The minimum Gasteiger partial charge on any atom is -0.361 e. The van der Waals surface area contributed by atoms with Crippen LogP contribution >= 0.6 is 0 Å². The molecule has 1 aliphatic heterocycles. The van der Waals surface area contributed by atoms with Gasteiger partial charge in [-0.1, -0.05) is 0 Å². The third-order valence-corrected chi connectivity index (χ3v) is 6.36. The van der Waals surface area contributed by atoms with Crippen molar-refractivity contribution in [1.82, 2.24) is 24.6 Å². The lowest BCUT2D eigenvalue weighted by molar-refractivity contribution is 0.0631. The quantitative estimate of drug-likeness (QED) is 0.721. The van der Waals surface area contributed by atoms with E-state index >= 15 is 0 Å². The highest BCUT2D eigenvalue weighted by Crippen LogP contribution is 2.18. The first-order chi connectivity index (χ1) is 14.7. The van der Waals surface area contributed by atoms with Gasteiger partial charge in [0.2, 0.25) is 0 Å². The Hall–Kier alpha value is -2.93. The fraction of sp³-hybridized carbons (Fsp3) is 0.435. The van der Waals surface area contributed by atoms with Gasteiger partial charge in [0.25, 0.3) is 11.5 Å². The van der Waals surface area contributed by atoms with Crippen LogP contribution in [0, 0.1) is 0 Å². The molecule has 2 aromatic heterocycles. The Morgan fingerprint density at radius 2 is 1.83 bits per heavy atom. The molecule has 156 valence electrons. The molecule has 0 bridgehead atoms. The first-order valence-corrected chi connectivity index (χ1v) is 10.9. The van der Waals surface area contributed by atoms with Gasteiger partial charge in [-0.25, -0.2) is 4.68 Å². The number of aromatic nitrogens is 3. The van der Waals surface area contributed by atoms with E-state index in [2.05, 4.69) is 15.0 Å². The fourth-order valence-corrected chi connectivity index (χ4v) is 4.54. The predicted octanol–water partition coefficient (Wildman–Crippen LogP) is 2.06. The Morgan fingerprint density at radius 1 is 1.00 bits per heavy atom. The van der Waals surface area contributed by atoms with Crippen LogP contribution in [-0.2, 0) is 19.4 Å². The molecule has 5 rings (SSSR count). The Bertz CT molecular complexity index is 1120. The number of rotatable bonds is 4. The topological polar surface area (TPSA) is 74.2 Å². The summed E-state index contributed by atoms with van der Waals surface area (Å²) in [5.74, 6) is 0.0883. The van der Waals surface area contributed by atoms with Gasteiger partial charge < -0.3 is 9.88 Å². The monoisotopic (exact) mass is 405 g/mol. The van der Waals surface area contributed by atoms with Crippen molar-refractivity contribution >= 4 is 16.8 Å². The average molecular weight is 406 g/mol. The molecule has 7 nitrogen and oxygen atoms in total. The zero-order valence-corrected chi connectivity index (χ0v) is 17.1. The maximum Gasteiger partial charge on any atom is 0.267 e. The van der Waals surface area contributed by atoms with Crippen LogP contribution in [-0.4, -0.2) is 63.2 Å². The van der Waals surface area contributed by atoms with Crippen molar-refractivity contribution in [3.05, 3.63) is 63.7 Å². The van der Waals surface area contributed by atoms with E-state index in [1.54, 1.807) is 10.7 Å². The third-order valence-electron chi connectivity index (χ3n) is 6.36. The van der Waals surface area contributed by atoms with Gasteiger partial charge in [-0.15, -0.1) is 0 Å². The number of H-pyrrole nitrogens is 1. The number of piperazine rings is 1. The van der Waals surface area contributed by atoms with Crippen molar-refractivity contribution < 1.29 is 4.79 Å². The molecular weight excluding hydrogens is 378 g/mol. The molecule has 0 saturated carbocycles. The summed E-state index contributed by atoms with van der Waals surface area (Å²) in [5.41, 5.74) is 4.01. The summed E-state index contributed by atoms with van der Waals surface area (Å²) in [5, 5.41) is 5.67. The lowest BCUT2D eigenvalue weighted by atomic mass is 9.97. The summed E-state index contributed by atoms with van der Waals surface area (Å²) in [6.07, 6.45) is 6.15. The van der Waals surface area contributed by atoms with Gasteiger partial charge in [0.15, 0.2) is 0 Å². The van der Waals surface area contributed by atoms with E-state index in [4.69, 9.17) is 0 Å². The molecule has 0 radical (unpaired) electrons. The lowest BCUT2D eigenvalue weighted by Crippen LogP contribution is -2.49. The molecule has 1 saturated heterocycles. The van der Waals surface area contributed by atoms with E-state index in [1.165, 1.54) is 0 Å². The summed E-state index contributed by atoms with van der Waals surface area (Å²) in [7, 11) is 0. The zero-order chi connectivity index (χ0) is 20.5. The second-order valence-corrected chi connectivity index (χ2v) is 8.30. The molecule has 1 aliphatic carbocycles. The highest BCUT2D eigenvalue weighted by Gasteiger charge is 2.22. The summed E-state index contributed by atoms with van der Waals surface area (Å²) >= 11 is 0. The van der Waals surface area contributed by atoms with E-state index in [1.807, 2.05) is 35.4 Å². The van der Waals surface area contributed by atoms with Crippen molar-refractivity contribution in [3.63, 3.8) is 0 Å². The summed E-state index contributed by atoms with van der Waals surface area (Å²) < 4.78 is 1.62. The van der Waals surface area contributed by atoms with Gasteiger partial charge in [0, 0.05) is 61.5 Å². The molecule has 1 fully saturated rings. The number of hydrogen-bond donors (Lipinski definition) is 1. The highest BCUT2D eigenvalue weighted by atomic mass is 16.2. The molecule has 30 heavy (non-hydrogen) atoms. The smallest absolute Gasteiger partial charge is 0.267 e. The third kappa shape index (κ3) is 3.77. The van der Waals surface area contributed by atoms with Crippen molar-refractivity contribution in [2.45, 2.75) is 32.2 Å². The minimum absolute atomic E-state index is 0.00427. The van der Waals surface area contributed by atoms with Crippen LogP contribution in [0.4, 0.5) is 0 Å². The molecular formula is C23H27N5O2. The number of amides is 1. The summed E-state index contributed by atoms with van der Waals surface area (Å²) in [4.78, 5) is 32.6. The van der Waals surface area contributed by atoms with E-state index in [0.29, 0.717) is 19.6 Å². The van der Waals surface area contributed by atoms with Crippen molar-refractivity contribution in [3.8, 4) is 0 Å². The Labute approximate surface area is 175 Å². The molecule has 7 heteroatoms. The van der Waals surface area contributed by atoms with Gasteiger partial charge in [0.1, 0.15) is 0 Å². The normalized spacial score (nSPS) is 17.3. The number of nitrogens with one attached hydrogen (secondary N) is 1. The summed E-state index contributed by atoms with van der Waals surface area (Å²) in [6, 6.07) is 9.57. The molecule has 0 spiro atoms. The fourth-order valence-electron chi connectivity index (χ4n) is 4.54. The number of benzene rings is 1. The minimum atomic E-state index is 0.00427. The molecule has 0 atom stereocenters. The number of fused-ring (bicyclic) bond motifs is 2. The van der Waals surface area contributed by atoms with Crippen LogP contribution in [0.15, 0.2) is 41.3 Å². The zero-order valence-electron chi connectivity index (χ0n) is 17.1. The van der Waals surface area contributed by atoms with E-state index in [0.717, 1.165) is 73.0 Å². The Morgan fingerprint density at radius 3 is 2.70 bits per heavy atom. The first kappa shape index (κ1) is 19.1. The van der Waals surface area contributed by atoms with Crippen LogP contribution in [0.1, 0.15) is 34.5 Å². The average Bonchev–Trinajstić information content (AvgIpc) is 3.25. The first-order valence-electron chi connectivity index (χ1n) is 10.9. The number of carbonyl (C=O) groups is 1. The number of aromatic amines is 1. The molecule has 2 aliphatic rings. The number of hydrogen-bond acceptors (Lipinski definition) is 4. The van der Waals surface area contributed by atoms with Crippen molar-refractivity contribution in [2.75, 3.05) is 32.7 Å². The van der Waals surface area contributed by atoms with Gasteiger partial charge in [-0.3, -0.25) is 14.5 Å². The predicted molar refractivity (Wildman–Crippen MR) is 116 cm³/mol. The summed E-state index contributed by atoms with van der Waals surface area (Å²) in [6.45, 7) is 4.43. The van der Waals surface area contributed by atoms with E-state index < -0.39 is 0 Å². The van der Waals surface area contributed by atoms with Gasteiger partial charge >= 0.3 is 0 Å². The molecule has 1 amide bonds. The van der Waals surface area contributed by atoms with Crippen LogP contribution in [0.25, 0.3) is 10.9 Å². The molecule has 1 N–H and O–H groups in total.